The Morgan fingerprint density at radius 2 is 1.87 bits per heavy atom. The summed E-state index contributed by atoms with van der Waals surface area (Å²) < 4.78 is 26.7. The van der Waals surface area contributed by atoms with Crippen molar-refractivity contribution >= 4 is 11.4 Å². The van der Waals surface area contributed by atoms with Gasteiger partial charge in [-0.25, -0.2) is 8.78 Å². The topological polar surface area (TPSA) is 38.0 Å². The zero-order valence-electron chi connectivity index (χ0n) is 8.56. The zero-order chi connectivity index (χ0) is 11.0. The number of halogens is 2. The maximum absolute atomic E-state index is 13.4. The van der Waals surface area contributed by atoms with Crippen molar-refractivity contribution in [2.75, 3.05) is 11.1 Å². The molecule has 0 heterocycles. The van der Waals surface area contributed by atoms with Gasteiger partial charge in [0.1, 0.15) is 5.69 Å². The Morgan fingerprint density at radius 1 is 1.33 bits per heavy atom. The highest BCUT2D eigenvalue weighted by molar-refractivity contribution is 5.54. The summed E-state index contributed by atoms with van der Waals surface area (Å²) in [6, 6.07) is 2.37. The fraction of sp³-hybridized carbons (Fsp3) is 0.455. The zero-order valence-corrected chi connectivity index (χ0v) is 8.56. The summed E-state index contributed by atoms with van der Waals surface area (Å²) in [6.07, 6.45) is 2.26. The maximum Gasteiger partial charge on any atom is 0.151 e. The van der Waals surface area contributed by atoms with E-state index in [1.807, 2.05) is 6.92 Å². The van der Waals surface area contributed by atoms with Crippen molar-refractivity contribution in [1.29, 1.82) is 0 Å². The van der Waals surface area contributed by atoms with Crippen molar-refractivity contribution in [2.24, 2.45) is 5.92 Å². The molecule has 2 rings (SSSR count). The highest BCUT2D eigenvalue weighted by Crippen LogP contribution is 2.35. The van der Waals surface area contributed by atoms with Crippen LogP contribution in [0.4, 0.5) is 20.2 Å². The minimum absolute atomic E-state index is 0.0661. The summed E-state index contributed by atoms with van der Waals surface area (Å²) in [6.45, 7) is 1.94. The molecule has 3 N–H and O–H groups in total. The minimum atomic E-state index is -0.625. The van der Waals surface area contributed by atoms with Crippen LogP contribution in [0, 0.1) is 17.6 Å². The first kappa shape index (κ1) is 10.2. The SMILES string of the molecule is CC(Nc1c(F)cc(N)cc1F)C1CC1. The predicted molar refractivity (Wildman–Crippen MR) is 56.6 cm³/mol. The second kappa shape index (κ2) is 3.68. The summed E-state index contributed by atoms with van der Waals surface area (Å²) in [4.78, 5) is 0. The average Bonchev–Trinajstić information content (AvgIpc) is 2.93. The molecule has 1 aliphatic carbocycles. The molecule has 0 bridgehead atoms. The van der Waals surface area contributed by atoms with Crippen LogP contribution in [0.1, 0.15) is 19.8 Å². The largest absolute Gasteiger partial charge is 0.399 e. The van der Waals surface area contributed by atoms with E-state index in [1.54, 1.807) is 0 Å². The second-order valence-electron chi connectivity index (χ2n) is 4.13. The van der Waals surface area contributed by atoms with Gasteiger partial charge >= 0.3 is 0 Å². The molecule has 0 aliphatic heterocycles. The first-order valence-corrected chi connectivity index (χ1v) is 5.09. The lowest BCUT2D eigenvalue weighted by Gasteiger charge is -2.15. The minimum Gasteiger partial charge on any atom is -0.399 e. The van der Waals surface area contributed by atoms with Crippen LogP contribution in [0.2, 0.25) is 0 Å². The van der Waals surface area contributed by atoms with Gasteiger partial charge in [0.25, 0.3) is 0 Å². The van der Waals surface area contributed by atoms with Crippen LogP contribution in [-0.2, 0) is 0 Å². The summed E-state index contributed by atoms with van der Waals surface area (Å²) in [5.41, 5.74) is 5.36. The summed E-state index contributed by atoms with van der Waals surface area (Å²) in [5.74, 6) is -0.707. The van der Waals surface area contributed by atoms with Gasteiger partial charge in [0, 0.05) is 11.7 Å². The van der Waals surface area contributed by atoms with Crippen LogP contribution in [0.3, 0.4) is 0 Å². The number of nitrogen functional groups attached to an aromatic ring is 1. The van der Waals surface area contributed by atoms with Crippen LogP contribution in [0.5, 0.6) is 0 Å². The van der Waals surface area contributed by atoms with Crippen LogP contribution in [0.25, 0.3) is 0 Å². The Labute approximate surface area is 87.5 Å². The van der Waals surface area contributed by atoms with Gasteiger partial charge in [-0.1, -0.05) is 0 Å². The fourth-order valence-corrected chi connectivity index (χ4v) is 1.67. The third kappa shape index (κ3) is 2.19. The van der Waals surface area contributed by atoms with Crippen molar-refractivity contribution in [3.05, 3.63) is 23.8 Å². The number of hydrogen-bond acceptors (Lipinski definition) is 2. The van der Waals surface area contributed by atoms with Gasteiger partial charge in [0.2, 0.25) is 0 Å². The predicted octanol–water partition coefficient (Wildman–Crippen LogP) is 2.76. The van der Waals surface area contributed by atoms with E-state index in [1.165, 1.54) is 0 Å². The quantitative estimate of drug-likeness (QED) is 0.756. The number of rotatable bonds is 3. The number of nitrogens with two attached hydrogens (primary N) is 1. The van der Waals surface area contributed by atoms with E-state index in [4.69, 9.17) is 5.73 Å². The van der Waals surface area contributed by atoms with Gasteiger partial charge in [-0.3, -0.25) is 0 Å². The van der Waals surface area contributed by atoms with Crippen LogP contribution in [0.15, 0.2) is 12.1 Å². The molecule has 1 atom stereocenters. The van der Waals surface area contributed by atoms with Crippen molar-refractivity contribution in [3.8, 4) is 0 Å². The lowest BCUT2D eigenvalue weighted by molar-refractivity contribution is 0.578. The monoisotopic (exact) mass is 212 g/mol. The third-order valence-corrected chi connectivity index (χ3v) is 2.77. The molecule has 0 saturated heterocycles. The normalized spacial score (nSPS) is 17.5. The molecule has 0 spiro atoms. The fourth-order valence-electron chi connectivity index (χ4n) is 1.67. The molecule has 4 heteroatoms. The number of anilines is 2. The van der Waals surface area contributed by atoms with Crippen LogP contribution in [-0.4, -0.2) is 6.04 Å². The van der Waals surface area contributed by atoms with Gasteiger partial charge in [-0.2, -0.15) is 0 Å². The molecule has 0 aromatic heterocycles. The van der Waals surface area contributed by atoms with Crippen LogP contribution < -0.4 is 11.1 Å². The lowest BCUT2D eigenvalue weighted by atomic mass is 10.2. The van der Waals surface area contributed by atoms with Crippen molar-refractivity contribution in [1.82, 2.24) is 0 Å². The second-order valence-corrected chi connectivity index (χ2v) is 4.13. The van der Waals surface area contributed by atoms with E-state index in [2.05, 4.69) is 5.32 Å². The average molecular weight is 212 g/mol. The smallest absolute Gasteiger partial charge is 0.151 e. The van der Waals surface area contributed by atoms with Gasteiger partial charge in [0.15, 0.2) is 11.6 Å². The Morgan fingerprint density at radius 3 is 2.33 bits per heavy atom. The molecule has 15 heavy (non-hydrogen) atoms. The molecular formula is C11H14F2N2. The first-order valence-electron chi connectivity index (χ1n) is 5.09. The van der Waals surface area contributed by atoms with E-state index in [0.29, 0.717) is 5.92 Å². The number of hydrogen-bond donors (Lipinski definition) is 2. The molecule has 1 aromatic rings. The molecule has 1 aliphatic rings. The Bertz CT molecular complexity index is 352. The van der Waals surface area contributed by atoms with Crippen LogP contribution >= 0.6 is 0 Å². The standard InChI is InChI=1S/C11H14F2N2/c1-6(7-2-3-7)15-11-9(12)4-8(14)5-10(11)13/h4-7,15H,2-3,14H2,1H3. The molecule has 1 fully saturated rings. The first-order chi connectivity index (χ1) is 7.08. The molecule has 82 valence electrons. The lowest BCUT2D eigenvalue weighted by Crippen LogP contribution is -2.19. The molecule has 1 saturated carbocycles. The molecule has 0 amide bonds. The Kier molecular flexibility index (Phi) is 2.50. The van der Waals surface area contributed by atoms with Gasteiger partial charge < -0.3 is 11.1 Å². The highest BCUT2D eigenvalue weighted by atomic mass is 19.1. The van der Waals surface area contributed by atoms with E-state index < -0.39 is 11.6 Å². The molecule has 1 unspecified atom stereocenters. The van der Waals surface area contributed by atoms with Gasteiger partial charge in [-0.05, 0) is 37.8 Å². The van der Waals surface area contributed by atoms with E-state index in [-0.39, 0.29) is 17.4 Å². The summed E-state index contributed by atoms with van der Waals surface area (Å²) in [7, 11) is 0. The third-order valence-electron chi connectivity index (χ3n) is 2.77. The Balaban J connectivity index is 2.19. The molecule has 1 aromatic carbocycles. The summed E-state index contributed by atoms with van der Waals surface area (Å²) >= 11 is 0. The molecular weight excluding hydrogens is 198 g/mol. The van der Waals surface area contributed by atoms with Crippen molar-refractivity contribution < 1.29 is 8.78 Å². The maximum atomic E-state index is 13.4. The summed E-state index contributed by atoms with van der Waals surface area (Å²) in [5, 5.41) is 2.86. The van der Waals surface area contributed by atoms with Crippen molar-refractivity contribution in [3.63, 3.8) is 0 Å². The van der Waals surface area contributed by atoms with Gasteiger partial charge in [0.05, 0.1) is 0 Å². The Hall–Kier alpha value is -1.32. The van der Waals surface area contributed by atoms with E-state index in [9.17, 15) is 8.78 Å². The molecule has 2 nitrogen and oxygen atoms in total. The van der Waals surface area contributed by atoms with Crippen molar-refractivity contribution in [2.45, 2.75) is 25.8 Å². The van der Waals surface area contributed by atoms with E-state index in [0.717, 1.165) is 25.0 Å². The highest BCUT2D eigenvalue weighted by Gasteiger charge is 2.28. The number of nitrogens with one attached hydrogen (secondary N) is 1. The van der Waals surface area contributed by atoms with E-state index >= 15 is 0 Å². The molecule has 0 radical (unpaired) electrons. The number of benzene rings is 1. The van der Waals surface area contributed by atoms with Gasteiger partial charge in [-0.15, -0.1) is 0 Å².